The summed E-state index contributed by atoms with van der Waals surface area (Å²) in [7, 11) is 1.69. The number of imidazole rings is 1. The molecule has 0 aromatic carbocycles. The van der Waals surface area contributed by atoms with Crippen molar-refractivity contribution >= 4 is 5.91 Å². The third kappa shape index (κ3) is 2.51. The van der Waals surface area contributed by atoms with Crippen LogP contribution in [0.5, 0.6) is 0 Å². The Bertz CT molecular complexity index is 547. The molecule has 22 heavy (non-hydrogen) atoms. The minimum Gasteiger partial charge on any atom is -0.338 e. The summed E-state index contributed by atoms with van der Waals surface area (Å²) in [5.41, 5.74) is -0.352. The van der Waals surface area contributed by atoms with Gasteiger partial charge in [0.2, 0.25) is 5.91 Å². The first-order valence-electron chi connectivity index (χ1n) is 7.81. The number of hydrogen-bond donors (Lipinski definition) is 1. The number of alkyl halides is 2. The van der Waals surface area contributed by atoms with Crippen LogP contribution < -0.4 is 5.32 Å². The average Bonchev–Trinajstić information content (AvgIpc) is 3.12. The van der Waals surface area contributed by atoms with E-state index in [9.17, 15) is 13.6 Å². The first-order chi connectivity index (χ1) is 10.5. The fraction of sp³-hybridized carbons (Fsp3) is 0.733. The smallest absolute Gasteiger partial charge is 0.319 e. The Morgan fingerprint density at radius 2 is 2.41 bits per heavy atom. The third-order valence-corrected chi connectivity index (χ3v) is 5.15. The molecule has 3 rings (SSSR count). The first-order valence-corrected chi connectivity index (χ1v) is 7.81. The molecular formula is C15H22F2N4O. The second-order valence-electron chi connectivity index (χ2n) is 6.42. The molecule has 2 heterocycles. The van der Waals surface area contributed by atoms with Crippen molar-refractivity contribution in [3.63, 3.8) is 0 Å². The van der Waals surface area contributed by atoms with Crippen LogP contribution in [0.1, 0.15) is 38.1 Å². The largest absolute Gasteiger partial charge is 0.338 e. The molecule has 7 heteroatoms. The van der Waals surface area contributed by atoms with Gasteiger partial charge in [0.15, 0.2) is 0 Å². The third-order valence-electron chi connectivity index (χ3n) is 5.15. The number of rotatable bonds is 4. The summed E-state index contributed by atoms with van der Waals surface area (Å²) >= 11 is 0. The predicted molar refractivity (Wildman–Crippen MR) is 77.2 cm³/mol. The summed E-state index contributed by atoms with van der Waals surface area (Å²) in [6.07, 6.45) is 6.77. The number of carbonyl (C=O) groups is 1. The van der Waals surface area contributed by atoms with Crippen LogP contribution in [0.3, 0.4) is 0 Å². The molecule has 0 spiro atoms. The number of fused-ring (bicyclic) bond motifs is 1. The van der Waals surface area contributed by atoms with Crippen LogP contribution in [0.4, 0.5) is 8.78 Å². The van der Waals surface area contributed by atoms with Gasteiger partial charge in [0.1, 0.15) is 5.82 Å². The van der Waals surface area contributed by atoms with E-state index in [2.05, 4.69) is 10.3 Å². The number of halogens is 2. The second-order valence-corrected chi connectivity index (χ2v) is 6.42. The Hall–Kier alpha value is -1.50. The highest BCUT2D eigenvalue weighted by Crippen LogP contribution is 2.45. The molecule has 1 aromatic heterocycles. The maximum absolute atomic E-state index is 13.0. The van der Waals surface area contributed by atoms with E-state index < -0.39 is 6.55 Å². The molecule has 1 aliphatic carbocycles. The van der Waals surface area contributed by atoms with Gasteiger partial charge in [-0.2, -0.15) is 8.78 Å². The zero-order chi connectivity index (χ0) is 15.7. The summed E-state index contributed by atoms with van der Waals surface area (Å²) in [6.45, 7) is -0.935. The lowest BCUT2D eigenvalue weighted by Crippen LogP contribution is -2.48. The van der Waals surface area contributed by atoms with E-state index in [0.29, 0.717) is 12.5 Å². The van der Waals surface area contributed by atoms with Gasteiger partial charge < -0.3 is 10.2 Å². The van der Waals surface area contributed by atoms with Gasteiger partial charge in [0, 0.05) is 26.0 Å². The summed E-state index contributed by atoms with van der Waals surface area (Å²) in [5.74, 6) is 0.651. The predicted octanol–water partition coefficient (Wildman–Crippen LogP) is 2.02. The minimum absolute atomic E-state index is 0.0611. The number of nitrogens with zero attached hydrogens (tertiary/aromatic N) is 3. The molecule has 2 aliphatic rings. The van der Waals surface area contributed by atoms with Crippen LogP contribution in [-0.4, -0.2) is 40.5 Å². The van der Waals surface area contributed by atoms with Crippen molar-refractivity contribution in [3.8, 4) is 0 Å². The fourth-order valence-corrected chi connectivity index (χ4v) is 3.98. The molecular weight excluding hydrogens is 290 g/mol. The molecule has 1 saturated carbocycles. The standard InChI is InChI=1S/C15H22F2N4O/c1-20(9-12-19-6-7-21(12)14(16)17)13(22)15-5-3-2-4-11(15)8-18-10-15/h6-7,11,14,18H,2-5,8-10H2,1H3/t11-,15+/m0/s1. The minimum atomic E-state index is -2.63. The molecule has 2 fully saturated rings. The van der Waals surface area contributed by atoms with Crippen LogP contribution in [-0.2, 0) is 11.3 Å². The normalized spacial score (nSPS) is 27.9. The number of aromatic nitrogens is 2. The van der Waals surface area contributed by atoms with Crippen molar-refractivity contribution in [3.05, 3.63) is 18.2 Å². The van der Waals surface area contributed by atoms with E-state index in [1.54, 1.807) is 11.9 Å². The number of hydrogen-bond acceptors (Lipinski definition) is 3. The van der Waals surface area contributed by atoms with E-state index in [0.717, 1.165) is 30.4 Å². The van der Waals surface area contributed by atoms with E-state index in [-0.39, 0.29) is 23.7 Å². The van der Waals surface area contributed by atoms with Crippen LogP contribution in [0.25, 0.3) is 0 Å². The number of carbonyl (C=O) groups excluding carboxylic acids is 1. The van der Waals surface area contributed by atoms with E-state index in [1.165, 1.54) is 18.8 Å². The number of nitrogens with one attached hydrogen (secondary N) is 1. The van der Waals surface area contributed by atoms with Gasteiger partial charge in [-0.25, -0.2) is 4.98 Å². The monoisotopic (exact) mass is 312 g/mol. The molecule has 0 bridgehead atoms. The second kappa shape index (κ2) is 5.95. The lowest BCUT2D eigenvalue weighted by Gasteiger charge is -2.39. The van der Waals surface area contributed by atoms with Gasteiger partial charge in [-0.1, -0.05) is 12.8 Å². The molecule has 5 nitrogen and oxygen atoms in total. The topological polar surface area (TPSA) is 50.2 Å². The molecule has 1 amide bonds. The molecule has 1 saturated heterocycles. The van der Waals surface area contributed by atoms with E-state index in [4.69, 9.17) is 0 Å². The highest BCUT2D eigenvalue weighted by molar-refractivity contribution is 5.83. The Kier molecular flexibility index (Phi) is 4.16. The zero-order valence-corrected chi connectivity index (χ0v) is 12.8. The zero-order valence-electron chi connectivity index (χ0n) is 12.8. The molecule has 0 unspecified atom stereocenters. The summed E-state index contributed by atoms with van der Waals surface area (Å²) < 4.78 is 26.6. The van der Waals surface area contributed by atoms with E-state index >= 15 is 0 Å². The highest BCUT2D eigenvalue weighted by Gasteiger charge is 2.50. The fourth-order valence-electron chi connectivity index (χ4n) is 3.98. The lowest BCUT2D eigenvalue weighted by atomic mass is 9.67. The first kappa shape index (κ1) is 15.4. The lowest BCUT2D eigenvalue weighted by molar-refractivity contribution is -0.144. The Morgan fingerprint density at radius 3 is 3.18 bits per heavy atom. The SMILES string of the molecule is CN(Cc1nccn1C(F)F)C(=O)[C@@]12CCCC[C@H]1CNC2. The maximum atomic E-state index is 13.0. The molecule has 122 valence electrons. The van der Waals surface area contributed by atoms with Crippen molar-refractivity contribution in [1.82, 2.24) is 19.8 Å². The van der Waals surface area contributed by atoms with Crippen LogP contribution in [0.15, 0.2) is 12.4 Å². The van der Waals surface area contributed by atoms with Gasteiger partial charge >= 0.3 is 6.55 Å². The maximum Gasteiger partial charge on any atom is 0.319 e. The quantitative estimate of drug-likeness (QED) is 0.925. The number of amides is 1. The van der Waals surface area contributed by atoms with Crippen LogP contribution >= 0.6 is 0 Å². The van der Waals surface area contributed by atoms with Crippen molar-refractivity contribution in [2.24, 2.45) is 11.3 Å². The van der Waals surface area contributed by atoms with Crippen LogP contribution in [0, 0.1) is 11.3 Å². The molecule has 1 aliphatic heterocycles. The average molecular weight is 312 g/mol. The van der Waals surface area contributed by atoms with Crippen molar-refractivity contribution in [2.75, 3.05) is 20.1 Å². The van der Waals surface area contributed by atoms with Crippen molar-refractivity contribution < 1.29 is 13.6 Å². The van der Waals surface area contributed by atoms with Crippen LogP contribution in [0.2, 0.25) is 0 Å². The Balaban J connectivity index is 1.75. The molecule has 2 atom stereocenters. The van der Waals surface area contributed by atoms with Crippen molar-refractivity contribution in [2.45, 2.75) is 38.8 Å². The Morgan fingerprint density at radius 1 is 1.59 bits per heavy atom. The molecule has 1 N–H and O–H groups in total. The van der Waals surface area contributed by atoms with Gasteiger partial charge in [0.25, 0.3) is 0 Å². The van der Waals surface area contributed by atoms with E-state index in [1.807, 2.05) is 0 Å². The van der Waals surface area contributed by atoms with Gasteiger partial charge in [-0.05, 0) is 25.3 Å². The highest BCUT2D eigenvalue weighted by atomic mass is 19.3. The van der Waals surface area contributed by atoms with Gasteiger partial charge in [-0.3, -0.25) is 9.36 Å². The molecule has 1 aromatic rings. The van der Waals surface area contributed by atoms with Crippen molar-refractivity contribution in [1.29, 1.82) is 0 Å². The Labute approximate surface area is 128 Å². The summed E-state index contributed by atoms with van der Waals surface area (Å²) in [6, 6.07) is 0. The summed E-state index contributed by atoms with van der Waals surface area (Å²) in [5, 5.41) is 3.34. The van der Waals surface area contributed by atoms with Gasteiger partial charge in [0.05, 0.1) is 12.0 Å². The van der Waals surface area contributed by atoms with Gasteiger partial charge in [-0.15, -0.1) is 0 Å². The summed E-state index contributed by atoms with van der Waals surface area (Å²) in [4.78, 5) is 18.5. The molecule has 0 radical (unpaired) electrons.